The van der Waals surface area contributed by atoms with E-state index >= 15 is 0 Å². The van der Waals surface area contributed by atoms with Crippen LogP contribution in [0.5, 0.6) is 0 Å². The Morgan fingerprint density at radius 2 is 2.00 bits per heavy atom. The van der Waals surface area contributed by atoms with Gasteiger partial charge < -0.3 is 19.6 Å². The lowest BCUT2D eigenvalue weighted by Crippen LogP contribution is -2.37. The Labute approximate surface area is 182 Å². The van der Waals surface area contributed by atoms with E-state index in [1.54, 1.807) is 13.3 Å². The molecule has 0 aliphatic carbocycles. The van der Waals surface area contributed by atoms with Crippen LogP contribution in [0.4, 0.5) is 0 Å². The number of imidazole rings is 1. The minimum Gasteiger partial charge on any atom is -0.444 e. The van der Waals surface area contributed by atoms with Crippen molar-refractivity contribution in [1.82, 2.24) is 25.2 Å². The largest absolute Gasteiger partial charge is 0.444 e. The van der Waals surface area contributed by atoms with E-state index in [1.165, 1.54) is 0 Å². The average molecular weight is 494 g/mol. The van der Waals surface area contributed by atoms with Gasteiger partial charge in [-0.25, -0.2) is 9.97 Å². The normalized spacial score (nSPS) is 11.1. The Hall–Kier alpha value is -2.36. The van der Waals surface area contributed by atoms with Gasteiger partial charge in [0.1, 0.15) is 12.1 Å². The second-order valence-corrected chi connectivity index (χ2v) is 6.24. The number of rotatable bonds is 8. The van der Waals surface area contributed by atoms with E-state index in [-0.39, 0.29) is 24.0 Å². The fraction of sp³-hybridized carbons (Fsp3) is 0.350. The van der Waals surface area contributed by atoms with Crippen LogP contribution in [-0.2, 0) is 13.1 Å². The van der Waals surface area contributed by atoms with E-state index < -0.39 is 0 Å². The Kier molecular flexibility index (Phi) is 8.99. The molecule has 7 nitrogen and oxygen atoms in total. The number of unbranched alkanes of at least 4 members (excludes halogenated alkanes) is 1. The summed E-state index contributed by atoms with van der Waals surface area (Å²) < 4.78 is 7.72. The van der Waals surface area contributed by atoms with Crippen molar-refractivity contribution in [2.75, 3.05) is 13.6 Å². The fourth-order valence-electron chi connectivity index (χ4n) is 2.75. The standard InChI is InChI=1S/C20H26N6O.HI/c1-16-22-11-13-26(16)12-7-6-10-23-20(21-2)24-14-18-15-27-19(25-18)17-8-4-3-5-9-17;/h3-5,8-9,11,13,15H,6-7,10,12,14H2,1-2H3,(H2,21,23,24);1H. The smallest absolute Gasteiger partial charge is 0.226 e. The van der Waals surface area contributed by atoms with Crippen molar-refractivity contribution >= 4 is 29.9 Å². The molecular weight excluding hydrogens is 467 g/mol. The maximum Gasteiger partial charge on any atom is 0.226 e. The van der Waals surface area contributed by atoms with Gasteiger partial charge in [0.15, 0.2) is 5.96 Å². The van der Waals surface area contributed by atoms with E-state index in [0.717, 1.165) is 49.0 Å². The van der Waals surface area contributed by atoms with Gasteiger partial charge >= 0.3 is 0 Å². The maximum atomic E-state index is 5.56. The van der Waals surface area contributed by atoms with E-state index in [4.69, 9.17) is 4.42 Å². The van der Waals surface area contributed by atoms with E-state index in [1.807, 2.05) is 49.6 Å². The second kappa shape index (κ2) is 11.5. The first-order chi connectivity index (χ1) is 13.3. The zero-order chi connectivity index (χ0) is 18.9. The van der Waals surface area contributed by atoms with Crippen molar-refractivity contribution in [3.8, 4) is 11.5 Å². The van der Waals surface area contributed by atoms with Crippen molar-refractivity contribution in [2.24, 2.45) is 4.99 Å². The molecule has 0 unspecified atom stereocenters. The molecule has 8 heteroatoms. The summed E-state index contributed by atoms with van der Waals surface area (Å²) in [7, 11) is 1.77. The molecule has 0 saturated heterocycles. The van der Waals surface area contributed by atoms with Gasteiger partial charge in [0.05, 0.1) is 12.2 Å². The molecule has 0 spiro atoms. The molecule has 0 bridgehead atoms. The molecule has 0 radical (unpaired) electrons. The summed E-state index contributed by atoms with van der Waals surface area (Å²) in [4.78, 5) is 13.0. The third-order valence-electron chi connectivity index (χ3n) is 4.27. The summed E-state index contributed by atoms with van der Waals surface area (Å²) in [5, 5.41) is 6.59. The van der Waals surface area contributed by atoms with Gasteiger partial charge in [0.25, 0.3) is 0 Å². The number of oxazole rings is 1. The Morgan fingerprint density at radius 3 is 2.71 bits per heavy atom. The number of halogens is 1. The van der Waals surface area contributed by atoms with Crippen LogP contribution in [0.3, 0.4) is 0 Å². The minimum atomic E-state index is 0. The SMILES string of the molecule is CN=C(NCCCCn1ccnc1C)NCc1coc(-c2ccccc2)n1.I. The highest BCUT2D eigenvalue weighted by molar-refractivity contribution is 14.0. The average Bonchev–Trinajstić information content (AvgIpc) is 3.34. The number of aryl methyl sites for hydroxylation is 2. The monoisotopic (exact) mass is 494 g/mol. The zero-order valence-corrected chi connectivity index (χ0v) is 18.6. The van der Waals surface area contributed by atoms with Crippen LogP contribution >= 0.6 is 24.0 Å². The van der Waals surface area contributed by atoms with Gasteiger partial charge in [-0.15, -0.1) is 24.0 Å². The lowest BCUT2D eigenvalue weighted by molar-refractivity contribution is 0.571. The number of nitrogens with one attached hydrogen (secondary N) is 2. The van der Waals surface area contributed by atoms with Gasteiger partial charge in [-0.2, -0.15) is 0 Å². The van der Waals surface area contributed by atoms with Crippen molar-refractivity contribution in [1.29, 1.82) is 0 Å². The van der Waals surface area contributed by atoms with Crippen LogP contribution in [0, 0.1) is 6.92 Å². The van der Waals surface area contributed by atoms with Crippen LogP contribution in [0.1, 0.15) is 24.4 Å². The predicted octanol–water partition coefficient (Wildman–Crippen LogP) is 3.61. The Balaban J connectivity index is 0.00000280. The molecule has 3 rings (SSSR count). The molecule has 3 aromatic rings. The van der Waals surface area contributed by atoms with Crippen LogP contribution < -0.4 is 10.6 Å². The molecule has 28 heavy (non-hydrogen) atoms. The molecule has 2 heterocycles. The van der Waals surface area contributed by atoms with E-state index in [0.29, 0.717) is 12.4 Å². The van der Waals surface area contributed by atoms with Crippen LogP contribution in [-0.4, -0.2) is 34.1 Å². The summed E-state index contributed by atoms with van der Waals surface area (Å²) in [6.45, 7) is 4.43. The summed E-state index contributed by atoms with van der Waals surface area (Å²) in [5.74, 6) is 2.45. The lowest BCUT2D eigenvalue weighted by Gasteiger charge is -2.11. The van der Waals surface area contributed by atoms with E-state index in [2.05, 4.69) is 30.2 Å². The molecule has 150 valence electrons. The summed E-state index contributed by atoms with van der Waals surface area (Å²) in [6.07, 6.45) is 7.68. The minimum absolute atomic E-state index is 0. The molecule has 0 fully saturated rings. The zero-order valence-electron chi connectivity index (χ0n) is 16.3. The number of hydrogen-bond donors (Lipinski definition) is 2. The lowest BCUT2D eigenvalue weighted by atomic mass is 10.2. The number of guanidine groups is 1. The molecule has 0 aliphatic heterocycles. The number of benzene rings is 1. The van der Waals surface area contributed by atoms with Gasteiger partial charge in [0, 0.05) is 38.1 Å². The van der Waals surface area contributed by atoms with Crippen molar-refractivity contribution in [2.45, 2.75) is 32.9 Å². The first-order valence-electron chi connectivity index (χ1n) is 9.18. The molecule has 0 amide bonds. The molecule has 2 N–H and O–H groups in total. The van der Waals surface area contributed by atoms with Crippen molar-refractivity contribution in [3.05, 3.63) is 60.5 Å². The summed E-state index contributed by atoms with van der Waals surface area (Å²) in [6, 6.07) is 9.87. The van der Waals surface area contributed by atoms with Gasteiger partial charge in [-0.1, -0.05) is 18.2 Å². The molecule has 2 aromatic heterocycles. The molecular formula is C20H27IN6O. The summed E-state index contributed by atoms with van der Waals surface area (Å²) in [5.41, 5.74) is 1.81. The van der Waals surface area contributed by atoms with Crippen LogP contribution in [0.15, 0.2) is 58.4 Å². The number of aliphatic imine (C=N–C) groups is 1. The van der Waals surface area contributed by atoms with Gasteiger partial charge in [0.2, 0.25) is 5.89 Å². The molecule has 0 saturated carbocycles. The first kappa shape index (κ1) is 21.9. The predicted molar refractivity (Wildman–Crippen MR) is 122 cm³/mol. The third kappa shape index (κ3) is 6.36. The van der Waals surface area contributed by atoms with E-state index in [9.17, 15) is 0 Å². The first-order valence-corrected chi connectivity index (χ1v) is 9.18. The maximum absolute atomic E-state index is 5.56. The fourth-order valence-corrected chi connectivity index (χ4v) is 2.75. The van der Waals surface area contributed by atoms with Crippen molar-refractivity contribution < 1.29 is 4.42 Å². The Bertz CT molecular complexity index is 858. The van der Waals surface area contributed by atoms with Crippen molar-refractivity contribution in [3.63, 3.8) is 0 Å². The van der Waals surface area contributed by atoms with Gasteiger partial charge in [-0.3, -0.25) is 4.99 Å². The van der Waals surface area contributed by atoms with Crippen LogP contribution in [0.2, 0.25) is 0 Å². The quantitative estimate of drug-likeness (QED) is 0.217. The molecule has 0 aliphatic rings. The Morgan fingerprint density at radius 1 is 1.18 bits per heavy atom. The topological polar surface area (TPSA) is 80.3 Å². The number of hydrogen-bond acceptors (Lipinski definition) is 4. The highest BCUT2D eigenvalue weighted by atomic mass is 127. The van der Waals surface area contributed by atoms with Gasteiger partial charge in [-0.05, 0) is 31.9 Å². The highest BCUT2D eigenvalue weighted by Crippen LogP contribution is 2.17. The summed E-state index contributed by atoms with van der Waals surface area (Å²) >= 11 is 0. The number of aromatic nitrogens is 3. The molecule has 1 aromatic carbocycles. The highest BCUT2D eigenvalue weighted by Gasteiger charge is 2.07. The molecule has 0 atom stereocenters. The third-order valence-corrected chi connectivity index (χ3v) is 4.27. The van der Waals surface area contributed by atoms with Crippen LogP contribution in [0.25, 0.3) is 11.5 Å². The second-order valence-electron chi connectivity index (χ2n) is 6.24. The number of nitrogens with zero attached hydrogens (tertiary/aromatic N) is 4.